The van der Waals surface area contributed by atoms with Gasteiger partial charge in [0.05, 0.1) is 28.2 Å². The van der Waals surface area contributed by atoms with Crippen LogP contribution in [-0.2, 0) is 13.1 Å². The summed E-state index contributed by atoms with van der Waals surface area (Å²) >= 11 is 9.94. The van der Waals surface area contributed by atoms with Crippen molar-refractivity contribution >= 4 is 44.9 Å². The molecule has 7 nitrogen and oxygen atoms in total. The molecule has 2 N–H and O–H groups in total. The monoisotopic (exact) mass is 535 g/mol. The number of anilines is 1. The van der Waals surface area contributed by atoms with E-state index >= 15 is 0 Å². The van der Waals surface area contributed by atoms with E-state index in [0.717, 1.165) is 32.7 Å². The summed E-state index contributed by atoms with van der Waals surface area (Å²) in [5.41, 5.74) is 4.90. The van der Waals surface area contributed by atoms with Crippen molar-refractivity contribution in [3.8, 4) is 11.3 Å². The number of hydrogen-bond donors (Lipinski definition) is 2. The van der Waals surface area contributed by atoms with Gasteiger partial charge in [0.2, 0.25) is 0 Å². The van der Waals surface area contributed by atoms with Gasteiger partial charge in [-0.25, -0.2) is 4.98 Å². The number of carbonyl (C=O) groups is 1. The molecule has 0 atom stereocenters. The lowest BCUT2D eigenvalue weighted by Gasteiger charge is -2.12. The molecule has 170 valence electrons. The second-order valence-electron chi connectivity index (χ2n) is 7.60. The maximum atomic E-state index is 12.1. The molecule has 0 saturated carbocycles. The Kier molecular flexibility index (Phi) is 6.33. The molecule has 0 saturated heterocycles. The fourth-order valence-electron chi connectivity index (χ4n) is 3.51. The Balaban J connectivity index is 1.31. The van der Waals surface area contributed by atoms with Crippen LogP contribution in [0.15, 0.2) is 88.3 Å². The van der Waals surface area contributed by atoms with E-state index in [1.807, 2.05) is 54.6 Å². The van der Waals surface area contributed by atoms with Gasteiger partial charge in [-0.15, -0.1) is 0 Å². The van der Waals surface area contributed by atoms with E-state index in [0.29, 0.717) is 29.3 Å². The van der Waals surface area contributed by atoms with Crippen molar-refractivity contribution in [2.75, 3.05) is 5.32 Å². The van der Waals surface area contributed by atoms with E-state index in [2.05, 4.69) is 31.7 Å². The first-order valence-corrected chi connectivity index (χ1v) is 11.7. The molecule has 0 radical (unpaired) electrons. The molecule has 3 heterocycles. The van der Waals surface area contributed by atoms with Crippen molar-refractivity contribution < 1.29 is 9.21 Å². The predicted molar refractivity (Wildman–Crippen MR) is 135 cm³/mol. The van der Waals surface area contributed by atoms with Gasteiger partial charge in [0, 0.05) is 29.7 Å². The topological polar surface area (TPSA) is 84.5 Å². The molecular formula is C25H19BrClN5O2. The van der Waals surface area contributed by atoms with Gasteiger partial charge in [-0.05, 0) is 39.2 Å². The highest BCUT2D eigenvalue weighted by atomic mass is 79.9. The molecular weight excluding hydrogens is 518 g/mol. The van der Waals surface area contributed by atoms with Crippen molar-refractivity contribution in [2.24, 2.45) is 0 Å². The third-order valence-corrected chi connectivity index (χ3v) is 6.20. The first-order valence-electron chi connectivity index (χ1n) is 10.5. The molecule has 0 aliphatic rings. The zero-order valence-electron chi connectivity index (χ0n) is 17.8. The molecule has 34 heavy (non-hydrogen) atoms. The second-order valence-corrected chi connectivity index (χ2v) is 8.86. The van der Waals surface area contributed by atoms with Crippen molar-refractivity contribution in [1.82, 2.24) is 19.9 Å². The van der Waals surface area contributed by atoms with Gasteiger partial charge >= 0.3 is 0 Å². The largest absolute Gasteiger partial charge is 0.472 e. The summed E-state index contributed by atoms with van der Waals surface area (Å²) in [6, 6.07) is 19.2. The van der Waals surface area contributed by atoms with Crippen molar-refractivity contribution in [3.05, 3.63) is 106 Å². The highest BCUT2D eigenvalue weighted by Gasteiger charge is 2.13. The number of halogens is 2. The fourth-order valence-corrected chi connectivity index (χ4v) is 4.10. The van der Waals surface area contributed by atoms with Crippen LogP contribution in [0, 0.1) is 0 Å². The minimum atomic E-state index is -0.166. The molecule has 0 fully saturated rings. The lowest BCUT2D eigenvalue weighted by Crippen LogP contribution is -2.22. The molecule has 5 aromatic rings. The van der Waals surface area contributed by atoms with Gasteiger partial charge in [-0.2, -0.15) is 9.61 Å². The average molecular weight is 537 g/mol. The highest BCUT2D eigenvalue weighted by molar-refractivity contribution is 9.10. The van der Waals surface area contributed by atoms with Gasteiger partial charge < -0.3 is 15.1 Å². The molecule has 0 aliphatic carbocycles. The quantitative estimate of drug-likeness (QED) is 0.269. The first kappa shape index (κ1) is 22.2. The van der Waals surface area contributed by atoms with Crippen LogP contribution in [0.25, 0.3) is 16.9 Å². The van der Waals surface area contributed by atoms with E-state index in [9.17, 15) is 4.79 Å². The Bertz CT molecular complexity index is 1450. The molecule has 0 aliphatic heterocycles. The van der Waals surface area contributed by atoms with E-state index in [1.54, 1.807) is 16.8 Å². The summed E-state index contributed by atoms with van der Waals surface area (Å²) in [7, 11) is 0. The number of fused-ring (bicyclic) bond motifs is 1. The molecule has 1 amide bonds. The maximum Gasteiger partial charge on any atom is 0.254 e. The Morgan fingerprint density at radius 3 is 2.56 bits per heavy atom. The fraction of sp³-hybridized carbons (Fsp3) is 0.0800. The molecule has 2 aromatic carbocycles. The van der Waals surface area contributed by atoms with Gasteiger partial charge in [0.25, 0.3) is 5.91 Å². The minimum Gasteiger partial charge on any atom is -0.472 e. The number of furan rings is 1. The van der Waals surface area contributed by atoms with E-state index in [-0.39, 0.29) is 5.91 Å². The summed E-state index contributed by atoms with van der Waals surface area (Å²) in [5, 5.41) is 11.4. The van der Waals surface area contributed by atoms with Crippen molar-refractivity contribution in [2.45, 2.75) is 13.1 Å². The van der Waals surface area contributed by atoms with Crippen LogP contribution in [-0.4, -0.2) is 20.5 Å². The number of hydrogen-bond acceptors (Lipinski definition) is 5. The first-order chi connectivity index (χ1) is 16.6. The number of amides is 1. The van der Waals surface area contributed by atoms with Gasteiger partial charge in [0.1, 0.15) is 12.1 Å². The number of benzene rings is 2. The summed E-state index contributed by atoms with van der Waals surface area (Å²) in [6.07, 6.45) is 4.62. The Morgan fingerprint density at radius 2 is 1.82 bits per heavy atom. The number of nitrogens with one attached hydrogen (secondary N) is 2. The molecule has 0 unspecified atom stereocenters. The number of aromatic nitrogens is 3. The third kappa shape index (κ3) is 4.69. The zero-order valence-corrected chi connectivity index (χ0v) is 20.2. The molecule has 9 heteroatoms. The standard InChI is InChI=1S/C25H19BrClN5O2/c26-20-14-30-32-23(11-22(31-24(20)32)19-3-1-2-4-21(19)27)28-12-16-5-7-17(8-6-16)13-29-25(33)18-9-10-34-15-18/h1-11,14-15,28H,12-13H2,(H,29,33). The van der Waals surface area contributed by atoms with E-state index in [4.69, 9.17) is 21.0 Å². The van der Waals surface area contributed by atoms with E-state index < -0.39 is 0 Å². The van der Waals surface area contributed by atoms with Crippen LogP contribution in [0.2, 0.25) is 5.02 Å². The normalized spacial score (nSPS) is 11.0. The SMILES string of the molecule is O=C(NCc1ccc(CNc2cc(-c3ccccc3Cl)nc3c(Br)cnn23)cc1)c1ccoc1. The maximum absolute atomic E-state index is 12.1. The number of rotatable bonds is 7. The summed E-state index contributed by atoms with van der Waals surface area (Å²) in [6.45, 7) is 1.02. The third-order valence-electron chi connectivity index (χ3n) is 5.31. The van der Waals surface area contributed by atoms with Crippen LogP contribution >= 0.6 is 27.5 Å². The molecule has 3 aromatic heterocycles. The van der Waals surface area contributed by atoms with E-state index in [1.165, 1.54) is 12.5 Å². The van der Waals surface area contributed by atoms with Crippen molar-refractivity contribution in [3.63, 3.8) is 0 Å². The molecule has 0 bridgehead atoms. The minimum absolute atomic E-state index is 0.166. The van der Waals surface area contributed by atoms with Crippen molar-refractivity contribution in [1.29, 1.82) is 0 Å². The van der Waals surface area contributed by atoms with Crippen LogP contribution in [0.1, 0.15) is 21.5 Å². The second kappa shape index (κ2) is 9.70. The molecule has 5 rings (SSSR count). The highest BCUT2D eigenvalue weighted by Crippen LogP contribution is 2.30. The smallest absolute Gasteiger partial charge is 0.254 e. The van der Waals surface area contributed by atoms with Crippen LogP contribution in [0.5, 0.6) is 0 Å². The number of carbonyl (C=O) groups excluding carboxylic acids is 1. The van der Waals surface area contributed by atoms with Gasteiger partial charge in [0.15, 0.2) is 5.65 Å². The zero-order chi connectivity index (χ0) is 23.5. The Labute approximate surface area is 208 Å². The number of nitrogens with zero attached hydrogens (tertiary/aromatic N) is 3. The lowest BCUT2D eigenvalue weighted by atomic mass is 10.1. The van der Waals surface area contributed by atoms with Gasteiger partial charge in [-0.1, -0.05) is 54.1 Å². The van der Waals surface area contributed by atoms with Crippen LogP contribution < -0.4 is 10.6 Å². The summed E-state index contributed by atoms with van der Waals surface area (Å²) in [5.74, 6) is 0.628. The predicted octanol–water partition coefficient (Wildman–Crippen LogP) is 5.95. The van der Waals surface area contributed by atoms with Gasteiger partial charge in [-0.3, -0.25) is 4.79 Å². The van der Waals surface area contributed by atoms with Crippen LogP contribution in [0.3, 0.4) is 0 Å². The summed E-state index contributed by atoms with van der Waals surface area (Å²) < 4.78 is 7.50. The molecule has 0 spiro atoms. The summed E-state index contributed by atoms with van der Waals surface area (Å²) in [4.78, 5) is 16.8. The lowest BCUT2D eigenvalue weighted by molar-refractivity contribution is 0.0950. The van der Waals surface area contributed by atoms with Crippen LogP contribution in [0.4, 0.5) is 5.82 Å². The Hall–Kier alpha value is -3.62. The Morgan fingerprint density at radius 1 is 1.06 bits per heavy atom. The average Bonchev–Trinajstić information content (AvgIpc) is 3.53.